The Bertz CT molecular complexity index is 1080. The maximum Gasteiger partial charge on any atom is -0.147 e. The molecule has 6 nitrogen and oxygen atoms in total. The van der Waals surface area contributed by atoms with Gasteiger partial charge >= 0.3 is 202 Å². The Morgan fingerprint density at radius 2 is 1.38 bits per heavy atom. The second-order valence-corrected chi connectivity index (χ2v) is 13.0. The van der Waals surface area contributed by atoms with Crippen molar-refractivity contribution in [2.75, 3.05) is 27.3 Å². The van der Waals surface area contributed by atoms with Crippen molar-refractivity contribution in [1.29, 1.82) is 0 Å². The smallest absolute Gasteiger partial charge is 0.147 e. The Kier molecular flexibility index (Phi) is 13.8. The Balaban J connectivity index is 0.00000481. The molecule has 0 fully saturated rings. The van der Waals surface area contributed by atoms with Crippen LogP contribution in [0.25, 0.3) is 0 Å². The first-order valence-corrected chi connectivity index (χ1v) is 15.5. The molecule has 0 amide bonds. The number of benzene rings is 3. The number of hydrogen-bond donors (Lipinski definition) is 2. The Hall–Kier alpha value is -1.78. The van der Waals surface area contributed by atoms with E-state index in [1.165, 1.54) is 14.2 Å². The molecule has 1 atom stereocenters. The van der Waals surface area contributed by atoms with Gasteiger partial charge in [-0.1, -0.05) is 17.7 Å². The van der Waals surface area contributed by atoms with E-state index in [9.17, 15) is 14.7 Å². The molecule has 3 aromatic rings. The van der Waals surface area contributed by atoms with Crippen molar-refractivity contribution in [3.8, 4) is 0 Å². The SMILES string of the molecule is COC(=O)[As]c1ccc(C(CCNCC(O)c2cccc(Cl)c2)c2ccc([As]C(=O)OC)cc2)cc1.Cl. The second kappa shape index (κ2) is 16.2. The molecule has 3 rings (SSSR count). The molecule has 0 saturated heterocycles. The van der Waals surface area contributed by atoms with E-state index in [1.54, 1.807) is 12.1 Å². The van der Waals surface area contributed by atoms with Crippen LogP contribution in [0.15, 0.2) is 72.8 Å². The largest absolute Gasteiger partial charge is 0.147 e. The summed E-state index contributed by atoms with van der Waals surface area (Å²) in [5, 5.41) is 14.5. The van der Waals surface area contributed by atoms with E-state index in [0.29, 0.717) is 18.1 Å². The summed E-state index contributed by atoms with van der Waals surface area (Å²) in [6, 6.07) is 23.5. The minimum atomic E-state index is -0.679. The van der Waals surface area contributed by atoms with Crippen LogP contribution in [0.2, 0.25) is 5.02 Å². The molecule has 0 aliphatic carbocycles. The Morgan fingerprint density at radius 1 is 0.865 bits per heavy atom. The predicted octanol–water partition coefficient (Wildman–Crippen LogP) is 3.80. The topological polar surface area (TPSA) is 84.9 Å². The van der Waals surface area contributed by atoms with Crippen LogP contribution in [0, 0.1) is 0 Å². The van der Waals surface area contributed by atoms with Crippen LogP contribution >= 0.6 is 24.0 Å². The predicted molar refractivity (Wildman–Crippen MR) is 151 cm³/mol. The van der Waals surface area contributed by atoms with Gasteiger partial charge in [0.2, 0.25) is 0 Å². The molecule has 0 saturated carbocycles. The van der Waals surface area contributed by atoms with Gasteiger partial charge in [-0.25, -0.2) is 0 Å². The third-order valence-electron chi connectivity index (χ3n) is 5.56. The summed E-state index contributed by atoms with van der Waals surface area (Å²) in [4.78, 5) is 23.3. The minimum Gasteiger partial charge on any atom is -0.147 e. The first kappa shape index (κ1) is 31.4. The van der Waals surface area contributed by atoms with E-state index in [4.69, 9.17) is 21.1 Å². The number of rotatable bonds is 12. The number of halogens is 2. The standard InChI is InChI=1S/C27H28As2ClNO5.ClH/c1-35-26(33)28-21-10-6-18(7-11-21)24(19-8-12-22(13-9-19)29-27(34)36-2)14-15-31-17-25(32)20-4-3-5-23(30)16-20;/h3-13,16,24-25,31-32H,14-15,17H2,1-2H3;1H. The summed E-state index contributed by atoms with van der Waals surface area (Å²) >= 11 is 4.68. The van der Waals surface area contributed by atoms with Crippen molar-refractivity contribution >= 4 is 73.7 Å². The van der Waals surface area contributed by atoms with Crippen molar-refractivity contribution in [2.24, 2.45) is 0 Å². The van der Waals surface area contributed by atoms with Gasteiger partial charge in [-0.3, -0.25) is 0 Å². The molecule has 0 heterocycles. The maximum absolute atomic E-state index is 11.7. The zero-order valence-corrected chi connectivity index (χ0v) is 25.8. The molecular formula is C27H29As2Cl2NO5. The Morgan fingerprint density at radius 3 is 1.84 bits per heavy atom. The van der Waals surface area contributed by atoms with Crippen molar-refractivity contribution in [3.63, 3.8) is 0 Å². The van der Waals surface area contributed by atoms with Gasteiger partial charge in [-0.05, 0) is 6.07 Å². The van der Waals surface area contributed by atoms with Crippen molar-refractivity contribution in [3.05, 3.63) is 94.5 Å². The minimum absolute atomic E-state index is 0. The summed E-state index contributed by atoms with van der Waals surface area (Å²) in [6.45, 7) is 1.10. The zero-order chi connectivity index (χ0) is 25.9. The number of nitrogens with one attached hydrogen (secondary N) is 1. The number of aliphatic hydroxyl groups is 1. The maximum atomic E-state index is 11.7. The zero-order valence-electron chi connectivity index (χ0n) is 20.5. The number of methoxy groups -OCH3 is 2. The number of carbonyl (C=O) groups excluding carboxylic acids is 2. The van der Waals surface area contributed by atoms with E-state index in [1.807, 2.05) is 36.4 Å². The molecule has 3 aromatic carbocycles. The van der Waals surface area contributed by atoms with E-state index >= 15 is 0 Å². The number of aliphatic hydroxyl groups excluding tert-OH is 1. The quantitative estimate of drug-likeness (QED) is 0.226. The fourth-order valence-electron chi connectivity index (χ4n) is 3.71. The third kappa shape index (κ3) is 10.1. The fourth-order valence-corrected chi connectivity index (χ4v) is 6.42. The second-order valence-electron chi connectivity index (χ2n) is 7.96. The summed E-state index contributed by atoms with van der Waals surface area (Å²) in [5.41, 5.74) is 3.05. The molecular weight excluding hydrogens is 639 g/mol. The molecule has 0 aliphatic rings. The van der Waals surface area contributed by atoms with Gasteiger partial charge in [0.1, 0.15) is 0 Å². The molecule has 1 unspecified atom stereocenters. The van der Waals surface area contributed by atoms with Crippen molar-refractivity contribution in [2.45, 2.75) is 18.4 Å². The average Bonchev–Trinajstić information content (AvgIpc) is 2.89. The van der Waals surface area contributed by atoms with E-state index in [-0.39, 0.29) is 27.8 Å². The van der Waals surface area contributed by atoms with Gasteiger partial charge in [0.05, 0.1) is 0 Å². The van der Waals surface area contributed by atoms with Gasteiger partial charge in [-0.2, -0.15) is 0 Å². The summed E-state index contributed by atoms with van der Waals surface area (Å²) < 4.78 is 11.2. The van der Waals surface area contributed by atoms with Crippen LogP contribution in [0.4, 0.5) is 9.59 Å². The molecule has 10 heteroatoms. The first-order chi connectivity index (χ1) is 17.4. The molecule has 2 radical (unpaired) electrons. The van der Waals surface area contributed by atoms with Crippen LogP contribution in [-0.2, 0) is 9.47 Å². The number of hydrogen-bond acceptors (Lipinski definition) is 6. The van der Waals surface area contributed by atoms with Crippen LogP contribution in [0.1, 0.15) is 35.1 Å². The average molecular weight is 668 g/mol. The van der Waals surface area contributed by atoms with E-state index < -0.39 is 37.6 Å². The van der Waals surface area contributed by atoms with Gasteiger partial charge in [-0.15, -0.1) is 12.4 Å². The summed E-state index contributed by atoms with van der Waals surface area (Å²) in [7, 11) is 2.81. The molecule has 0 spiro atoms. The fraction of sp³-hybridized carbons (Fsp3) is 0.259. The summed E-state index contributed by atoms with van der Waals surface area (Å²) in [6.07, 6.45) is 0.153. The van der Waals surface area contributed by atoms with Crippen LogP contribution in [0.3, 0.4) is 0 Å². The monoisotopic (exact) mass is 667 g/mol. The third-order valence-corrected chi connectivity index (χ3v) is 9.66. The van der Waals surface area contributed by atoms with Crippen molar-refractivity contribution in [1.82, 2.24) is 5.32 Å². The molecule has 0 bridgehead atoms. The van der Waals surface area contributed by atoms with Crippen LogP contribution in [-0.4, -0.2) is 73.4 Å². The molecule has 37 heavy (non-hydrogen) atoms. The molecule has 0 aromatic heterocycles. The summed E-state index contributed by atoms with van der Waals surface area (Å²) in [5.74, 6) is 0.104. The molecule has 196 valence electrons. The Labute approximate surface area is 242 Å². The number of ether oxygens (including phenoxy) is 2. The van der Waals surface area contributed by atoms with Gasteiger partial charge in [0.15, 0.2) is 0 Å². The van der Waals surface area contributed by atoms with E-state index in [0.717, 1.165) is 31.8 Å². The van der Waals surface area contributed by atoms with Crippen LogP contribution in [0.5, 0.6) is 0 Å². The van der Waals surface area contributed by atoms with Gasteiger partial charge in [0.25, 0.3) is 0 Å². The van der Waals surface area contributed by atoms with E-state index in [2.05, 4.69) is 29.6 Å². The first-order valence-electron chi connectivity index (χ1n) is 11.3. The van der Waals surface area contributed by atoms with Crippen molar-refractivity contribution < 1.29 is 24.2 Å². The normalized spacial score (nSPS) is 12.9. The molecule has 2 N–H and O–H groups in total. The van der Waals surface area contributed by atoms with Gasteiger partial charge in [0, 0.05) is 5.02 Å². The van der Waals surface area contributed by atoms with Crippen LogP contribution < -0.4 is 14.0 Å². The number of carbonyl (C=O) groups is 2. The molecule has 0 aliphatic heterocycles. The van der Waals surface area contributed by atoms with Gasteiger partial charge < -0.3 is 0 Å².